The van der Waals surface area contributed by atoms with Crippen molar-refractivity contribution in [1.29, 1.82) is 0 Å². The minimum Gasteiger partial charge on any atom is -0.358 e. The van der Waals surface area contributed by atoms with Crippen molar-refractivity contribution in [1.82, 2.24) is 15.1 Å². The number of nitrogens with zero attached hydrogens (tertiary/aromatic N) is 2. The summed E-state index contributed by atoms with van der Waals surface area (Å²) in [6.07, 6.45) is 3.40. The van der Waals surface area contributed by atoms with E-state index in [1.807, 2.05) is 6.92 Å². The first-order valence-electron chi connectivity index (χ1n) is 7.07. The third-order valence-electron chi connectivity index (χ3n) is 4.46. The van der Waals surface area contributed by atoms with E-state index in [9.17, 15) is 4.79 Å². The quantitative estimate of drug-likeness (QED) is 0.721. The molecule has 1 amide bonds. The van der Waals surface area contributed by atoms with E-state index >= 15 is 0 Å². The summed E-state index contributed by atoms with van der Waals surface area (Å²) in [5.74, 6) is 0.122. The molecule has 0 saturated carbocycles. The molecule has 2 unspecified atom stereocenters. The van der Waals surface area contributed by atoms with Crippen molar-refractivity contribution >= 4 is 5.91 Å². The van der Waals surface area contributed by atoms with Gasteiger partial charge in [-0.05, 0) is 39.3 Å². The monoisotopic (exact) mass is 254 g/mol. The number of hydrogen-bond donors (Lipinski definition) is 2. The molecule has 2 rings (SSSR count). The van der Waals surface area contributed by atoms with Crippen molar-refractivity contribution < 1.29 is 4.79 Å². The number of rotatable bonds is 3. The van der Waals surface area contributed by atoms with Crippen LogP contribution in [0.4, 0.5) is 0 Å². The Kier molecular flexibility index (Phi) is 4.59. The lowest BCUT2D eigenvalue weighted by Gasteiger charge is -2.35. The number of carbonyl (C=O) groups is 1. The van der Waals surface area contributed by atoms with E-state index in [0.717, 1.165) is 39.0 Å². The highest BCUT2D eigenvalue weighted by molar-refractivity contribution is 5.81. The predicted octanol–water partition coefficient (Wildman–Crippen LogP) is -0.382. The molecule has 5 heteroatoms. The Hall–Kier alpha value is -0.650. The molecule has 2 aliphatic rings. The lowest BCUT2D eigenvalue weighted by molar-refractivity contribution is -0.125. The summed E-state index contributed by atoms with van der Waals surface area (Å²) in [4.78, 5) is 16.5. The van der Waals surface area contributed by atoms with Crippen LogP contribution in [-0.2, 0) is 4.79 Å². The fourth-order valence-electron chi connectivity index (χ4n) is 3.08. The fraction of sp³-hybridized carbons (Fsp3) is 0.923. The molecule has 2 atom stereocenters. The summed E-state index contributed by atoms with van der Waals surface area (Å²) in [7, 11) is 1.71. The summed E-state index contributed by atoms with van der Waals surface area (Å²) in [6, 6.07) is 1.00. The van der Waals surface area contributed by atoms with E-state index in [4.69, 9.17) is 5.73 Å². The van der Waals surface area contributed by atoms with Crippen LogP contribution in [0.15, 0.2) is 0 Å². The van der Waals surface area contributed by atoms with E-state index in [0.29, 0.717) is 12.1 Å². The summed E-state index contributed by atoms with van der Waals surface area (Å²) < 4.78 is 0. The average molecular weight is 254 g/mol. The van der Waals surface area contributed by atoms with E-state index in [1.54, 1.807) is 7.05 Å². The number of hydrogen-bond acceptors (Lipinski definition) is 4. The van der Waals surface area contributed by atoms with Crippen LogP contribution in [0.1, 0.15) is 26.2 Å². The molecule has 0 spiro atoms. The van der Waals surface area contributed by atoms with Crippen LogP contribution >= 0.6 is 0 Å². The number of amides is 1. The molecule has 18 heavy (non-hydrogen) atoms. The molecule has 3 N–H and O–H groups in total. The van der Waals surface area contributed by atoms with Crippen molar-refractivity contribution in [3.8, 4) is 0 Å². The molecular weight excluding hydrogens is 228 g/mol. The zero-order valence-corrected chi connectivity index (χ0v) is 11.6. The summed E-state index contributed by atoms with van der Waals surface area (Å²) in [6.45, 7) is 6.28. The van der Waals surface area contributed by atoms with Crippen molar-refractivity contribution in [2.24, 2.45) is 5.73 Å². The molecule has 0 radical (unpaired) electrons. The molecule has 5 nitrogen and oxygen atoms in total. The molecule has 2 heterocycles. The number of piperidine rings is 1. The Morgan fingerprint density at radius 3 is 2.56 bits per heavy atom. The summed E-state index contributed by atoms with van der Waals surface area (Å²) in [5.41, 5.74) is 5.94. The normalized spacial score (nSPS) is 29.4. The second-order valence-electron chi connectivity index (χ2n) is 5.60. The molecule has 0 aliphatic carbocycles. The molecule has 2 fully saturated rings. The highest BCUT2D eigenvalue weighted by Crippen LogP contribution is 2.21. The van der Waals surface area contributed by atoms with Gasteiger partial charge in [0, 0.05) is 32.2 Å². The smallest absolute Gasteiger partial charge is 0.236 e. The number of carbonyl (C=O) groups excluding carboxylic acids is 1. The molecule has 0 aromatic rings. The highest BCUT2D eigenvalue weighted by atomic mass is 16.2. The van der Waals surface area contributed by atoms with Crippen LogP contribution in [0.2, 0.25) is 0 Å². The SMILES string of the molecule is CNC(=O)C(C)N1CCC(N2CCC(N)CC2)C1. The Balaban J connectivity index is 1.83. The minimum absolute atomic E-state index is 0.00736. The van der Waals surface area contributed by atoms with Gasteiger partial charge >= 0.3 is 0 Å². The zero-order valence-electron chi connectivity index (χ0n) is 11.6. The van der Waals surface area contributed by atoms with Gasteiger partial charge in [-0.15, -0.1) is 0 Å². The maximum Gasteiger partial charge on any atom is 0.236 e. The van der Waals surface area contributed by atoms with E-state index in [2.05, 4.69) is 15.1 Å². The van der Waals surface area contributed by atoms with Crippen LogP contribution in [0.25, 0.3) is 0 Å². The number of nitrogens with one attached hydrogen (secondary N) is 1. The minimum atomic E-state index is -0.00736. The highest BCUT2D eigenvalue weighted by Gasteiger charge is 2.33. The maximum atomic E-state index is 11.6. The number of likely N-dealkylation sites (tertiary alicyclic amines) is 2. The Labute approximate surface area is 110 Å². The maximum absolute atomic E-state index is 11.6. The Bertz CT molecular complexity index is 289. The van der Waals surface area contributed by atoms with Crippen LogP contribution in [0.3, 0.4) is 0 Å². The molecule has 0 bridgehead atoms. The van der Waals surface area contributed by atoms with E-state index in [-0.39, 0.29) is 11.9 Å². The second-order valence-corrected chi connectivity index (χ2v) is 5.60. The van der Waals surface area contributed by atoms with Gasteiger partial charge in [0.2, 0.25) is 5.91 Å². The van der Waals surface area contributed by atoms with Gasteiger partial charge in [-0.25, -0.2) is 0 Å². The third-order valence-corrected chi connectivity index (χ3v) is 4.46. The van der Waals surface area contributed by atoms with E-state index in [1.165, 1.54) is 6.42 Å². The van der Waals surface area contributed by atoms with Crippen LogP contribution in [0.5, 0.6) is 0 Å². The second kappa shape index (κ2) is 5.99. The van der Waals surface area contributed by atoms with Crippen LogP contribution in [0, 0.1) is 0 Å². The Morgan fingerprint density at radius 1 is 1.28 bits per heavy atom. The molecule has 104 valence electrons. The summed E-state index contributed by atoms with van der Waals surface area (Å²) >= 11 is 0. The molecular formula is C13H26N4O. The zero-order chi connectivity index (χ0) is 13.1. The molecule has 2 saturated heterocycles. The van der Waals surface area contributed by atoms with E-state index < -0.39 is 0 Å². The van der Waals surface area contributed by atoms with Crippen molar-refractivity contribution in [3.05, 3.63) is 0 Å². The van der Waals surface area contributed by atoms with Crippen molar-refractivity contribution in [3.63, 3.8) is 0 Å². The first-order valence-corrected chi connectivity index (χ1v) is 7.07. The van der Waals surface area contributed by atoms with Crippen molar-refractivity contribution in [2.75, 3.05) is 33.2 Å². The number of likely N-dealkylation sites (N-methyl/N-ethyl adjacent to an activating group) is 1. The van der Waals surface area contributed by atoms with Gasteiger partial charge < -0.3 is 11.1 Å². The third kappa shape index (κ3) is 3.02. The standard InChI is InChI=1S/C13H26N4O/c1-10(13(18)15-2)17-8-5-12(9-17)16-6-3-11(14)4-7-16/h10-12H,3-9,14H2,1-2H3,(H,15,18). The van der Waals surface area contributed by atoms with Crippen molar-refractivity contribution in [2.45, 2.75) is 44.3 Å². The van der Waals surface area contributed by atoms with Gasteiger partial charge in [0.15, 0.2) is 0 Å². The molecule has 0 aromatic carbocycles. The van der Waals surface area contributed by atoms with Crippen LogP contribution in [-0.4, -0.2) is 67.1 Å². The van der Waals surface area contributed by atoms with Gasteiger partial charge in [-0.1, -0.05) is 0 Å². The largest absolute Gasteiger partial charge is 0.358 e. The summed E-state index contributed by atoms with van der Waals surface area (Å²) in [5, 5.41) is 2.73. The molecule has 2 aliphatic heterocycles. The topological polar surface area (TPSA) is 61.6 Å². The fourth-order valence-corrected chi connectivity index (χ4v) is 3.08. The first kappa shape index (κ1) is 13.8. The van der Waals surface area contributed by atoms with Gasteiger partial charge in [-0.3, -0.25) is 14.6 Å². The first-order chi connectivity index (χ1) is 8.61. The van der Waals surface area contributed by atoms with Gasteiger partial charge in [0.05, 0.1) is 6.04 Å². The lowest BCUT2D eigenvalue weighted by atomic mass is 10.0. The van der Waals surface area contributed by atoms with Crippen LogP contribution < -0.4 is 11.1 Å². The van der Waals surface area contributed by atoms with Gasteiger partial charge in [0.25, 0.3) is 0 Å². The van der Waals surface area contributed by atoms with Gasteiger partial charge in [-0.2, -0.15) is 0 Å². The predicted molar refractivity (Wildman–Crippen MR) is 72.3 cm³/mol. The molecule has 0 aromatic heterocycles. The number of nitrogens with two attached hydrogens (primary N) is 1. The average Bonchev–Trinajstić information content (AvgIpc) is 2.87. The Morgan fingerprint density at radius 2 is 1.94 bits per heavy atom. The lowest BCUT2D eigenvalue weighted by Crippen LogP contribution is -2.48. The van der Waals surface area contributed by atoms with Gasteiger partial charge in [0.1, 0.15) is 0 Å².